The molecule has 0 amide bonds. The Balaban J connectivity index is 2.73. The monoisotopic (exact) mass is 266 g/mol. The molecule has 16 heavy (non-hydrogen) atoms. The molecule has 0 saturated carbocycles. The van der Waals surface area contributed by atoms with Crippen LogP contribution in [0.1, 0.15) is 12.5 Å². The summed E-state index contributed by atoms with van der Waals surface area (Å²) in [6.07, 6.45) is 0.190. The highest BCUT2D eigenvalue weighted by Gasteiger charge is 2.08. The first-order valence-corrected chi connectivity index (χ1v) is 7.24. The van der Waals surface area contributed by atoms with Gasteiger partial charge in [0.2, 0.25) is 9.05 Å². The normalized spacial score (nSPS) is 11.4. The van der Waals surface area contributed by atoms with E-state index in [0.717, 1.165) is 0 Å². The van der Waals surface area contributed by atoms with E-state index in [-0.39, 0.29) is 17.9 Å². The van der Waals surface area contributed by atoms with Crippen LogP contribution < -0.4 is 4.74 Å². The minimum Gasteiger partial charge on any atom is -0.491 e. The van der Waals surface area contributed by atoms with Crippen LogP contribution in [0, 0.1) is 5.82 Å². The van der Waals surface area contributed by atoms with Gasteiger partial charge >= 0.3 is 0 Å². The zero-order valence-corrected chi connectivity index (χ0v) is 10.3. The third-order valence-corrected chi connectivity index (χ3v) is 3.09. The fourth-order valence-electron chi connectivity index (χ4n) is 1.21. The molecule has 0 radical (unpaired) electrons. The zero-order valence-electron chi connectivity index (χ0n) is 8.74. The molecule has 0 aliphatic rings. The van der Waals surface area contributed by atoms with Gasteiger partial charge in [0.25, 0.3) is 0 Å². The third-order valence-electron chi connectivity index (χ3n) is 1.93. The van der Waals surface area contributed by atoms with E-state index < -0.39 is 14.9 Å². The molecule has 3 nitrogen and oxygen atoms in total. The minimum absolute atomic E-state index is 0.167. The van der Waals surface area contributed by atoms with Crippen LogP contribution in [0.2, 0.25) is 0 Å². The van der Waals surface area contributed by atoms with Gasteiger partial charge in [0.05, 0.1) is 12.4 Å². The highest BCUT2D eigenvalue weighted by molar-refractivity contribution is 8.13. The Kier molecular flexibility index (Phi) is 4.56. The van der Waals surface area contributed by atoms with E-state index in [1.165, 1.54) is 12.1 Å². The molecule has 0 unspecified atom stereocenters. The fraction of sp³-hybridized carbons (Fsp3) is 0.400. The van der Waals surface area contributed by atoms with Crippen molar-refractivity contribution in [3.05, 3.63) is 29.6 Å². The number of aryl methyl sites for hydroxylation is 1. The van der Waals surface area contributed by atoms with Gasteiger partial charge in [-0.15, -0.1) is 0 Å². The van der Waals surface area contributed by atoms with Crippen molar-refractivity contribution in [3.63, 3.8) is 0 Å². The van der Waals surface area contributed by atoms with Gasteiger partial charge in [-0.2, -0.15) is 0 Å². The predicted octanol–water partition coefficient (Wildman–Crippen LogP) is 2.34. The Labute approximate surface area is 98.6 Å². The molecule has 0 N–H and O–H groups in total. The summed E-state index contributed by atoms with van der Waals surface area (Å²) in [6.45, 7) is 2.14. The lowest BCUT2D eigenvalue weighted by atomic mass is 10.1. The van der Waals surface area contributed by atoms with Crippen molar-refractivity contribution in [2.24, 2.45) is 0 Å². The van der Waals surface area contributed by atoms with Gasteiger partial charge in [-0.3, -0.25) is 0 Å². The molecule has 0 aliphatic heterocycles. The molecule has 0 heterocycles. The fourth-order valence-corrected chi connectivity index (χ4v) is 1.92. The standard InChI is InChI=1S/C10H12ClFO3S/c1-2-15-10-4-3-8(7-9(10)12)5-6-16(11,13)14/h3-4,7H,2,5-6H2,1H3. The number of benzene rings is 1. The molecule has 0 bridgehead atoms. The Morgan fingerprint density at radius 2 is 2.12 bits per heavy atom. The summed E-state index contributed by atoms with van der Waals surface area (Å²) in [7, 11) is 1.52. The molecule has 1 rings (SSSR count). The first kappa shape index (κ1) is 13.3. The molecule has 0 saturated heterocycles. The van der Waals surface area contributed by atoms with E-state index in [4.69, 9.17) is 15.4 Å². The largest absolute Gasteiger partial charge is 0.491 e. The van der Waals surface area contributed by atoms with Gasteiger partial charge < -0.3 is 4.74 Å². The van der Waals surface area contributed by atoms with Crippen LogP contribution in [-0.4, -0.2) is 20.8 Å². The van der Waals surface area contributed by atoms with Crippen molar-refractivity contribution in [3.8, 4) is 5.75 Å². The van der Waals surface area contributed by atoms with Crippen molar-refractivity contribution in [2.75, 3.05) is 12.4 Å². The second-order valence-corrected chi connectivity index (χ2v) is 6.09. The molecular weight excluding hydrogens is 255 g/mol. The summed E-state index contributed by atoms with van der Waals surface area (Å²) in [5, 5.41) is 0. The highest BCUT2D eigenvalue weighted by Crippen LogP contribution is 2.19. The number of hydrogen-bond acceptors (Lipinski definition) is 3. The van der Waals surface area contributed by atoms with Crippen LogP contribution in [0.3, 0.4) is 0 Å². The molecule has 0 fully saturated rings. The lowest BCUT2D eigenvalue weighted by Gasteiger charge is -2.06. The lowest BCUT2D eigenvalue weighted by molar-refractivity contribution is 0.321. The first-order valence-electron chi connectivity index (χ1n) is 4.76. The number of ether oxygens (including phenoxy) is 1. The van der Waals surface area contributed by atoms with E-state index in [1.807, 2.05) is 0 Å². The number of hydrogen-bond donors (Lipinski definition) is 0. The summed E-state index contributed by atoms with van der Waals surface area (Å²) in [5.41, 5.74) is 0.574. The van der Waals surface area contributed by atoms with Crippen LogP contribution in [-0.2, 0) is 15.5 Å². The van der Waals surface area contributed by atoms with Gasteiger partial charge in [0, 0.05) is 10.7 Å². The van der Waals surface area contributed by atoms with E-state index in [2.05, 4.69) is 0 Å². The van der Waals surface area contributed by atoms with Crippen LogP contribution in [0.25, 0.3) is 0 Å². The van der Waals surface area contributed by atoms with Gasteiger partial charge in [-0.25, -0.2) is 12.8 Å². The molecule has 0 spiro atoms. The molecule has 90 valence electrons. The van der Waals surface area contributed by atoms with Gasteiger partial charge in [0.15, 0.2) is 11.6 Å². The maximum atomic E-state index is 13.3. The maximum absolute atomic E-state index is 13.3. The average molecular weight is 267 g/mol. The Hall–Kier alpha value is -0.810. The quantitative estimate of drug-likeness (QED) is 0.769. The summed E-state index contributed by atoms with van der Waals surface area (Å²) in [5.74, 6) is -0.534. The first-order chi connectivity index (χ1) is 7.42. The van der Waals surface area contributed by atoms with Crippen LogP contribution in [0.5, 0.6) is 5.75 Å². The summed E-state index contributed by atoms with van der Waals surface area (Å²) in [4.78, 5) is 0. The summed E-state index contributed by atoms with van der Waals surface area (Å²) in [6, 6.07) is 4.36. The van der Waals surface area contributed by atoms with E-state index in [0.29, 0.717) is 12.2 Å². The SMILES string of the molecule is CCOc1ccc(CCS(=O)(=O)Cl)cc1F. The molecule has 0 aromatic heterocycles. The van der Waals surface area contributed by atoms with Crippen LogP contribution in [0.15, 0.2) is 18.2 Å². The lowest BCUT2D eigenvalue weighted by Crippen LogP contribution is -2.02. The second kappa shape index (κ2) is 5.50. The van der Waals surface area contributed by atoms with Gasteiger partial charge in [-0.05, 0) is 31.0 Å². The Morgan fingerprint density at radius 1 is 1.44 bits per heavy atom. The second-order valence-electron chi connectivity index (χ2n) is 3.19. The molecule has 1 aromatic carbocycles. The molecular formula is C10H12ClFO3S. The average Bonchev–Trinajstić information content (AvgIpc) is 2.18. The molecule has 0 atom stereocenters. The van der Waals surface area contributed by atoms with Crippen molar-refractivity contribution in [1.29, 1.82) is 0 Å². The van der Waals surface area contributed by atoms with Crippen LogP contribution in [0.4, 0.5) is 4.39 Å². The zero-order chi connectivity index (χ0) is 12.2. The van der Waals surface area contributed by atoms with E-state index in [9.17, 15) is 12.8 Å². The highest BCUT2D eigenvalue weighted by atomic mass is 35.7. The van der Waals surface area contributed by atoms with Crippen LogP contribution >= 0.6 is 10.7 Å². The third kappa shape index (κ3) is 4.37. The van der Waals surface area contributed by atoms with E-state index >= 15 is 0 Å². The summed E-state index contributed by atoms with van der Waals surface area (Å²) >= 11 is 0. The number of rotatable bonds is 5. The van der Waals surface area contributed by atoms with Crippen molar-refractivity contribution < 1.29 is 17.5 Å². The number of halogens is 2. The summed E-state index contributed by atoms with van der Waals surface area (Å²) < 4.78 is 39.8. The predicted molar refractivity (Wildman–Crippen MR) is 60.9 cm³/mol. The van der Waals surface area contributed by atoms with Gasteiger partial charge in [-0.1, -0.05) is 6.07 Å². The van der Waals surface area contributed by atoms with Crippen molar-refractivity contribution in [2.45, 2.75) is 13.3 Å². The Bertz CT molecular complexity index is 459. The molecule has 0 aliphatic carbocycles. The van der Waals surface area contributed by atoms with Crippen molar-refractivity contribution in [1.82, 2.24) is 0 Å². The molecule has 1 aromatic rings. The van der Waals surface area contributed by atoms with Gasteiger partial charge in [0.1, 0.15) is 0 Å². The Morgan fingerprint density at radius 3 is 2.62 bits per heavy atom. The topological polar surface area (TPSA) is 43.4 Å². The smallest absolute Gasteiger partial charge is 0.232 e. The molecule has 6 heteroatoms. The minimum atomic E-state index is -3.54. The van der Waals surface area contributed by atoms with Crippen molar-refractivity contribution >= 4 is 19.7 Å². The van der Waals surface area contributed by atoms with E-state index in [1.54, 1.807) is 13.0 Å². The maximum Gasteiger partial charge on any atom is 0.232 e.